The Morgan fingerprint density at radius 2 is 2.50 bits per heavy atom. The topological polar surface area (TPSA) is 72.9 Å². The molecule has 0 radical (unpaired) electrons. The molecule has 0 aliphatic rings. The van der Waals surface area contributed by atoms with E-state index in [0.717, 1.165) is 5.69 Å². The SMILES string of the molecule is CC(CN)CC(=O)Nc1cnn(C)c1. The quantitative estimate of drug-likeness (QED) is 0.729. The normalized spacial score (nSPS) is 12.5. The average Bonchev–Trinajstić information content (AvgIpc) is 2.50. The molecule has 3 N–H and O–H groups in total. The number of aromatic nitrogens is 2. The Hall–Kier alpha value is -1.36. The predicted octanol–water partition coefficient (Wildman–Crippen LogP) is 0.343. The van der Waals surface area contributed by atoms with Gasteiger partial charge >= 0.3 is 0 Å². The lowest BCUT2D eigenvalue weighted by molar-refractivity contribution is -0.116. The zero-order chi connectivity index (χ0) is 10.6. The van der Waals surface area contributed by atoms with E-state index in [4.69, 9.17) is 5.73 Å². The van der Waals surface area contributed by atoms with E-state index in [-0.39, 0.29) is 11.8 Å². The second kappa shape index (κ2) is 4.76. The van der Waals surface area contributed by atoms with Gasteiger partial charge in [-0.15, -0.1) is 0 Å². The lowest BCUT2D eigenvalue weighted by atomic mass is 10.1. The van der Waals surface area contributed by atoms with Gasteiger partial charge in [0.05, 0.1) is 11.9 Å². The van der Waals surface area contributed by atoms with Gasteiger partial charge in [-0.25, -0.2) is 0 Å². The molecule has 5 heteroatoms. The van der Waals surface area contributed by atoms with Crippen molar-refractivity contribution in [3.05, 3.63) is 12.4 Å². The van der Waals surface area contributed by atoms with Crippen LogP contribution in [-0.4, -0.2) is 22.2 Å². The Balaban J connectivity index is 2.41. The third-order valence-corrected chi connectivity index (χ3v) is 1.92. The summed E-state index contributed by atoms with van der Waals surface area (Å²) in [6, 6.07) is 0. The van der Waals surface area contributed by atoms with Crippen molar-refractivity contribution in [1.29, 1.82) is 0 Å². The van der Waals surface area contributed by atoms with Gasteiger partial charge in [0.25, 0.3) is 0 Å². The smallest absolute Gasteiger partial charge is 0.224 e. The monoisotopic (exact) mass is 196 g/mol. The number of aryl methyl sites for hydroxylation is 1. The van der Waals surface area contributed by atoms with Crippen LogP contribution in [0.1, 0.15) is 13.3 Å². The van der Waals surface area contributed by atoms with Crippen LogP contribution in [0.3, 0.4) is 0 Å². The summed E-state index contributed by atoms with van der Waals surface area (Å²) in [6.45, 7) is 2.48. The molecule has 0 saturated carbocycles. The van der Waals surface area contributed by atoms with E-state index in [1.807, 2.05) is 6.92 Å². The van der Waals surface area contributed by atoms with Crippen molar-refractivity contribution < 1.29 is 4.79 Å². The summed E-state index contributed by atoms with van der Waals surface area (Å²) in [5.74, 6) is 0.197. The molecule has 5 nitrogen and oxygen atoms in total. The van der Waals surface area contributed by atoms with Gasteiger partial charge in [0.15, 0.2) is 0 Å². The standard InChI is InChI=1S/C9H16N4O/c1-7(4-10)3-9(14)12-8-5-11-13(2)6-8/h5-7H,3-4,10H2,1-2H3,(H,12,14). The van der Waals surface area contributed by atoms with Crippen LogP contribution in [-0.2, 0) is 11.8 Å². The van der Waals surface area contributed by atoms with Gasteiger partial charge in [-0.3, -0.25) is 9.48 Å². The Labute approximate surface area is 83.3 Å². The third kappa shape index (κ3) is 3.18. The second-order valence-corrected chi connectivity index (χ2v) is 3.50. The van der Waals surface area contributed by atoms with Crippen molar-refractivity contribution in [2.45, 2.75) is 13.3 Å². The van der Waals surface area contributed by atoms with Crippen LogP contribution in [0, 0.1) is 5.92 Å². The van der Waals surface area contributed by atoms with E-state index >= 15 is 0 Å². The van der Waals surface area contributed by atoms with Gasteiger partial charge in [-0.05, 0) is 12.5 Å². The molecule has 0 saturated heterocycles. The zero-order valence-electron chi connectivity index (χ0n) is 8.53. The molecular weight excluding hydrogens is 180 g/mol. The van der Waals surface area contributed by atoms with Crippen LogP contribution in [0.25, 0.3) is 0 Å². The molecule has 14 heavy (non-hydrogen) atoms. The minimum absolute atomic E-state index is 0.0176. The van der Waals surface area contributed by atoms with Crippen LogP contribution in [0.4, 0.5) is 5.69 Å². The molecule has 78 valence electrons. The molecule has 1 rings (SSSR count). The Morgan fingerprint density at radius 1 is 1.79 bits per heavy atom. The summed E-state index contributed by atoms with van der Waals surface area (Å²) < 4.78 is 1.64. The third-order valence-electron chi connectivity index (χ3n) is 1.92. The van der Waals surface area contributed by atoms with Crippen LogP contribution in [0.2, 0.25) is 0 Å². The van der Waals surface area contributed by atoms with Gasteiger partial charge in [-0.2, -0.15) is 5.10 Å². The highest BCUT2D eigenvalue weighted by atomic mass is 16.1. The summed E-state index contributed by atoms with van der Waals surface area (Å²) >= 11 is 0. The molecule has 0 aliphatic heterocycles. The maximum absolute atomic E-state index is 11.4. The first-order valence-corrected chi connectivity index (χ1v) is 4.60. The molecule has 1 amide bonds. The first-order valence-electron chi connectivity index (χ1n) is 4.60. The Bertz CT molecular complexity index is 308. The van der Waals surface area contributed by atoms with E-state index < -0.39 is 0 Å². The number of hydrogen-bond donors (Lipinski definition) is 2. The lowest BCUT2D eigenvalue weighted by Gasteiger charge is -2.07. The number of carbonyl (C=O) groups excluding carboxylic acids is 1. The van der Waals surface area contributed by atoms with Gasteiger partial charge in [-0.1, -0.05) is 6.92 Å². The van der Waals surface area contributed by atoms with Gasteiger partial charge in [0, 0.05) is 19.7 Å². The summed E-state index contributed by atoms with van der Waals surface area (Å²) in [5.41, 5.74) is 6.15. The number of nitrogens with one attached hydrogen (secondary N) is 1. The van der Waals surface area contributed by atoms with Crippen molar-refractivity contribution >= 4 is 11.6 Å². The number of amides is 1. The van der Waals surface area contributed by atoms with Crippen molar-refractivity contribution in [3.8, 4) is 0 Å². The molecule has 1 atom stereocenters. The van der Waals surface area contributed by atoms with E-state index in [2.05, 4.69) is 10.4 Å². The average molecular weight is 196 g/mol. The molecule has 0 fully saturated rings. The van der Waals surface area contributed by atoms with Crippen molar-refractivity contribution in [2.75, 3.05) is 11.9 Å². The molecule has 1 aromatic heterocycles. The van der Waals surface area contributed by atoms with Crippen LogP contribution >= 0.6 is 0 Å². The number of anilines is 1. The number of hydrogen-bond acceptors (Lipinski definition) is 3. The first kappa shape index (κ1) is 10.7. The fraction of sp³-hybridized carbons (Fsp3) is 0.556. The molecule has 0 spiro atoms. The lowest BCUT2D eigenvalue weighted by Crippen LogP contribution is -2.19. The minimum Gasteiger partial charge on any atom is -0.330 e. The van der Waals surface area contributed by atoms with Crippen molar-refractivity contribution in [3.63, 3.8) is 0 Å². The van der Waals surface area contributed by atoms with Crippen LogP contribution in [0.15, 0.2) is 12.4 Å². The van der Waals surface area contributed by atoms with Gasteiger partial charge in [0.1, 0.15) is 0 Å². The molecule has 1 unspecified atom stereocenters. The zero-order valence-corrected chi connectivity index (χ0v) is 8.53. The van der Waals surface area contributed by atoms with Crippen molar-refractivity contribution in [2.24, 2.45) is 18.7 Å². The van der Waals surface area contributed by atoms with Crippen LogP contribution in [0.5, 0.6) is 0 Å². The predicted molar refractivity (Wildman–Crippen MR) is 54.7 cm³/mol. The molecule has 0 aromatic carbocycles. The fourth-order valence-electron chi connectivity index (χ4n) is 1.10. The van der Waals surface area contributed by atoms with Crippen molar-refractivity contribution in [1.82, 2.24) is 9.78 Å². The highest BCUT2D eigenvalue weighted by molar-refractivity contribution is 5.90. The van der Waals surface area contributed by atoms with E-state index in [0.29, 0.717) is 13.0 Å². The van der Waals surface area contributed by atoms with E-state index in [9.17, 15) is 4.79 Å². The minimum atomic E-state index is -0.0176. The summed E-state index contributed by atoms with van der Waals surface area (Å²) in [4.78, 5) is 11.4. The summed E-state index contributed by atoms with van der Waals surface area (Å²) in [6.07, 6.45) is 3.82. The highest BCUT2D eigenvalue weighted by Crippen LogP contribution is 2.06. The van der Waals surface area contributed by atoms with Gasteiger partial charge < -0.3 is 11.1 Å². The number of carbonyl (C=O) groups is 1. The second-order valence-electron chi connectivity index (χ2n) is 3.50. The summed E-state index contributed by atoms with van der Waals surface area (Å²) in [7, 11) is 1.80. The molecular formula is C9H16N4O. The number of nitrogens with zero attached hydrogens (tertiary/aromatic N) is 2. The molecule has 0 aliphatic carbocycles. The first-order chi connectivity index (χ1) is 6.61. The number of rotatable bonds is 4. The molecule has 1 aromatic rings. The highest BCUT2D eigenvalue weighted by Gasteiger charge is 2.08. The molecule has 0 bridgehead atoms. The number of nitrogens with two attached hydrogens (primary N) is 1. The Morgan fingerprint density at radius 3 is 3.00 bits per heavy atom. The van der Waals surface area contributed by atoms with E-state index in [1.165, 1.54) is 0 Å². The Kier molecular flexibility index (Phi) is 3.64. The summed E-state index contributed by atoms with van der Waals surface area (Å²) in [5, 5.41) is 6.70. The maximum atomic E-state index is 11.4. The van der Waals surface area contributed by atoms with Crippen LogP contribution < -0.4 is 11.1 Å². The fourth-order valence-corrected chi connectivity index (χ4v) is 1.10. The van der Waals surface area contributed by atoms with E-state index in [1.54, 1.807) is 24.1 Å². The molecule has 1 heterocycles. The maximum Gasteiger partial charge on any atom is 0.224 e. The van der Waals surface area contributed by atoms with Gasteiger partial charge in [0.2, 0.25) is 5.91 Å². The largest absolute Gasteiger partial charge is 0.330 e.